The molecular formula is C10H18N2O2. The summed E-state index contributed by atoms with van der Waals surface area (Å²) in [7, 11) is 1.85. The van der Waals surface area contributed by atoms with E-state index in [1.807, 2.05) is 25.8 Å². The molecule has 3 atom stereocenters. The number of aliphatic carboxylic acids is 1. The maximum absolute atomic E-state index is 10.7. The summed E-state index contributed by atoms with van der Waals surface area (Å²) in [6, 6.07) is 2.12. The lowest BCUT2D eigenvalue weighted by Crippen LogP contribution is -2.42. The Morgan fingerprint density at radius 1 is 1.50 bits per heavy atom. The van der Waals surface area contributed by atoms with E-state index in [0.29, 0.717) is 6.42 Å². The van der Waals surface area contributed by atoms with E-state index in [1.54, 1.807) is 6.92 Å². The van der Waals surface area contributed by atoms with Gasteiger partial charge in [0.25, 0.3) is 0 Å². The van der Waals surface area contributed by atoms with Crippen LogP contribution in [0.3, 0.4) is 0 Å². The molecule has 0 spiro atoms. The van der Waals surface area contributed by atoms with E-state index in [-0.39, 0.29) is 12.1 Å². The van der Waals surface area contributed by atoms with Crippen molar-refractivity contribution in [3.8, 4) is 6.07 Å². The molecule has 0 saturated carbocycles. The van der Waals surface area contributed by atoms with Gasteiger partial charge in [-0.1, -0.05) is 6.92 Å². The van der Waals surface area contributed by atoms with Crippen LogP contribution in [0.2, 0.25) is 0 Å². The molecule has 0 amide bonds. The van der Waals surface area contributed by atoms with Crippen molar-refractivity contribution in [3.63, 3.8) is 0 Å². The number of carbonyl (C=O) groups is 1. The molecule has 0 saturated heterocycles. The molecule has 0 aromatic carbocycles. The Labute approximate surface area is 85.1 Å². The average molecular weight is 198 g/mol. The third-order valence-corrected chi connectivity index (χ3v) is 2.84. The molecule has 0 heterocycles. The van der Waals surface area contributed by atoms with Gasteiger partial charge in [0.05, 0.1) is 18.4 Å². The van der Waals surface area contributed by atoms with Crippen molar-refractivity contribution in [1.29, 1.82) is 5.26 Å². The second-order valence-electron chi connectivity index (χ2n) is 3.74. The molecule has 4 heteroatoms. The number of carboxylic acid groups (broad SMARTS) is 1. The maximum Gasteiger partial charge on any atom is 0.307 e. The van der Waals surface area contributed by atoms with Crippen molar-refractivity contribution in [3.05, 3.63) is 0 Å². The summed E-state index contributed by atoms with van der Waals surface area (Å²) >= 11 is 0. The molecule has 0 radical (unpaired) electrons. The van der Waals surface area contributed by atoms with Gasteiger partial charge in [-0.05, 0) is 20.9 Å². The molecule has 0 bridgehead atoms. The van der Waals surface area contributed by atoms with Crippen molar-refractivity contribution in [2.45, 2.75) is 39.3 Å². The van der Waals surface area contributed by atoms with Crippen LogP contribution in [0.1, 0.15) is 27.2 Å². The average Bonchev–Trinajstić information content (AvgIpc) is 2.14. The highest BCUT2D eigenvalue weighted by Crippen LogP contribution is 2.13. The second kappa shape index (κ2) is 5.61. The minimum atomic E-state index is -0.798. The monoisotopic (exact) mass is 198 g/mol. The smallest absolute Gasteiger partial charge is 0.307 e. The van der Waals surface area contributed by atoms with Gasteiger partial charge in [-0.2, -0.15) is 5.26 Å². The minimum Gasteiger partial charge on any atom is -0.481 e. The summed E-state index contributed by atoms with van der Waals surface area (Å²) in [5, 5.41) is 17.3. The topological polar surface area (TPSA) is 64.3 Å². The summed E-state index contributed by atoms with van der Waals surface area (Å²) in [5.41, 5.74) is 0. The predicted molar refractivity (Wildman–Crippen MR) is 53.7 cm³/mol. The normalized spacial score (nSPS) is 17.1. The number of nitrogens with zero attached hydrogens (tertiary/aromatic N) is 2. The zero-order chi connectivity index (χ0) is 11.3. The predicted octanol–water partition coefficient (Wildman–Crippen LogP) is 1.33. The zero-order valence-electron chi connectivity index (χ0n) is 9.19. The molecule has 0 aliphatic heterocycles. The highest BCUT2D eigenvalue weighted by atomic mass is 16.4. The van der Waals surface area contributed by atoms with Crippen LogP contribution >= 0.6 is 0 Å². The number of hydrogen-bond acceptors (Lipinski definition) is 3. The molecular weight excluding hydrogens is 180 g/mol. The Bertz CT molecular complexity index is 235. The number of rotatable bonds is 5. The van der Waals surface area contributed by atoms with Crippen LogP contribution in [-0.2, 0) is 4.79 Å². The van der Waals surface area contributed by atoms with E-state index < -0.39 is 11.9 Å². The largest absolute Gasteiger partial charge is 0.481 e. The van der Waals surface area contributed by atoms with Crippen molar-refractivity contribution in [2.24, 2.45) is 5.92 Å². The van der Waals surface area contributed by atoms with Crippen LogP contribution in [0.4, 0.5) is 0 Å². The van der Waals surface area contributed by atoms with E-state index >= 15 is 0 Å². The van der Waals surface area contributed by atoms with E-state index in [0.717, 1.165) is 0 Å². The quantitative estimate of drug-likeness (QED) is 0.723. The fraction of sp³-hybridized carbons (Fsp3) is 0.800. The summed E-state index contributed by atoms with van der Waals surface area (Å²) in [5.74, 6) is -1.21. The lowest BCUT2D eigenvalue weighted by Gasteiger charge is -2.31. The lowest BCUT2D eigenvalue weighted by atomic mass is 10.0. The number of hydrogen-bond donors (Lipinski definition) is 1. The van der Waals surface area contributed by atoms with Gasteiger partial charge in [0.15, 0.2) is 0 Å². The van der Waals surface area contributed by atoms with Crippen molar-refractivity contribution < 1.29 is 9.90 Å². The van der Waals surface area contributed by atoms with Crippen LogP contribution in [-0.4, -0.2) is 35.1 Å². The third-order valence-electron chi connectivity index (χ3n) is 2.84. The molecule has 1 N–H and O–H groups in total. The van der Waals surface area contributed by atoms with Crippen molar-refractivity contribution >= 4 is 5.97 Å². The Hall–Kier alpha value is -1.08. The van der Waals surface area contributed by atoms with Gasteiger partial charge in [0.2, 0.25) is 0 Å². The molecule has 14 heavy (non-hydrogen) atoms. The van der Waals surface area contributed by atoms with E-state index in [2.05, 4.69) is 6.07 Å². The summed E-state index contributed by atoms with van der Waals surface area (Å²) in [6.07, 6.45) is 0.424. The first kappa shape index (κ1) is 12.9. The van der Waals surface area contributed by atoms with Gasteiger partial charge in [-0.25, -0.2) is 0 Å². The standard InChI is InChI=1S/C10H18N2O2/c1-7(5-6-11)12(4)9(3)8(2)10(13)14/h7-9H,5H2,1-4H3,(H,13,14). The minimum absolute atomic E-state index is 0.0594. The molecule has 0 aliphatic rings. The van der Waals surface area contributed by atoms with Crippen LogP contribution < -0.4 is 0 Å². The van der Waals surface area contributed by atoms with Crippen molar-refractivity contribution in [1.82, 2.24) is 4.90 Å². The van der Waals surface area contributed by atoms with Crippen LogP contribution in [0.25, 0.3) is 0 Å². The summed E-state index contributed by atoms with van der Waals surface area (Å²) < 4.78 is 0. The van der Waals surface area contributed by atoms with E-state index in [9.17, 15) is 4.79 Å². The number of nitriles is 1. The molecule has 0 rings (SSSR count). The van der Waals surface area contributed by atoms with E-state index in [1.165, 1.54) is 0 Å². The lowest BCUT2D eigenvalue weighted by molar-refractivity contribution is -0.143. The van der Waals surface area contributed by atoms with E-state index in [4.69, 9.17) is 10.4 Å². The summed E-state index contributed by atoms with van der Waals surface area (Å²) in [6.45, 7) is 5.48. The molecule has 80 valence electrons. The van der Waals surface area contributed by atoms with Crippen LogP contribution in [0.5, 0.6) is 0 Å². The SMILES string of the molecule is CC(C(=O)O)C(C)N(C)C(C)CC#N. The van der Waals surface area contributed by atoms with Gasteiger partial charge in [-0.15, -0.1) is 0 Å². The Morgan fingerprint density at radius 3 is 2.36 bits per heavy atom. The zero-order valence-corrected chi connectivity index (χ0v) is 9.19. The van der Waals surface area contributed by atoms with Gasteiger partial charge in [0, 0.05) is 12.1 Å². The Morgan fingerprint density at radius 2 is 2.00 bits per heavy atom. The molecule has 0 aromatic heterocycles. The molecule has 0 fully saturated rings. The first-order valence-electron chi connectivity index (χ1n) is 4.73. The van der Waals surface area contributed by atoms with Crippen LogP contribution in [0.15, 0.2) is 0 Å². The molecule has 0 aromatic rings. The van der Waals surface area contributed by atoms with Crippen LogP contribution in [0, 0.1) is 17.2 Å². The molecule has 3 unspecified atom stereocenters. The summed E-state index contributed by atoms with van der Waals surface area (Å²) in [4.78, 5) is 12.7. The van der Waals surface area contributed by atoms with Crippen molar-refractivity contribution in [2.75, 3.05) is 7.05 Å². The highest BCUT2D eigenvalue weighted by Gasteiger charge is 2.25. The van der Waals surface area contributed by atoms with Gasteiger partial charge >= 0.3 is 5.97 Å². The first-order chi connectivity index (χ1) is 6.41. The Kier molecular flexibility index (Phi) is 5.18. The van der Waals surface area contributed by atoms with Gasteiger partial charge in [0.1, 0.15) is 0 Å². The maximum atomic E-state index is 10.7. The molecule has 0 aliphatic carbocycles. The first-order valence-corrected chi connectivity index (χ1v) is 4.73. The highest BCUT2D eigenvalue weighted by molar-refractivity contribution is 5.70. The van der Waals surface area contributed by atoms with Gasteiger partial charge < -0.3 is 5.11 Å². The fourth-order valence-corrected chi connectivity index (χ4v) is 1.24. The third kappa shape index (κ3) is 3.35. The molecule has 4 nitrogen and oxygen atoms in total. The second-order valence-corrected chi connectivity index (χ2v) is 3.74. The fourth-order valence-electron chi connectivity index (χ4n) is 1.24. The Balaban J connectivity index is 4.31. The van der Waals surface area contributed by atoms with Gasteiger partial charge in [-0.3, -0.25) is 9.69 Å². The number of carboxylic acids is 1.